The highest BCUT2D eigenvalue weighted by Gasteiger charge is 2.43. The topological polar surface area (TPSA) is 64.6 Å². The van der Waals surface area contributed by atoms with Crippen LogP contribution in [0.5, 0.6) is 5.75 Å². The Morgan fingerprint density at radius 1 is 1.08 bits per heavy atom. The van der Waals surface area contributed by atoms with E-state index in [-0.39, 0.29) is 17.8 Å². The van der Waals surface area contributed by atoms with E-state index in [0.717, 1.165) is 45.8 Å². The van der Waals surface area contributed by atoms with Gasteiger partial charge in [0.25, 0.3) is 0 Å². The zero-order valence-corrected chi connectivity index (χ0v) is 22.6. The molecule has 1 atom stereocenters. The first-order valence-electron chi connectivity index (χ1n) is 12.4. The number of nitrogens with one attached hydrogen (secondary N) is 1. The van der Waals surface area contributed by atoms with E-state index in [9.17, 15) is 9.59 Å². The van der Waals surface area contributed by atoms with Gasteiger partial charge in [-0.1, -0.05) is 37.6 Å². The van der Waals surface area contributed by atoms with Crippen molar-refractivity contribution in [3.8, 4) is 5.75 Å². The fraction of sp³-hybridized carbons (Fsp3) is 0.400. The first-order valence-corrected chi connectivity index (χ1v) is 12.8. The Bertz CT molecular complexity index is 1270. The van der Waals surface area contributed by atoms with Gasteiger partial charge in [-0.3, -0.25) is 4.79 Å². The van der Waals surface area contributed by atoms with Crippen molar-refractivity contribution in [3.63, 3.8) is 0 Å². The molecular formula is C30H34ClNO4. The zero-order valence-electron chi connectivity index (χ0n) is 21.9. The molecule has 0 radical (unpaired) electrons. The molecule has 1 aliphatic heterocycles. The number of ether oxygens (including phenoxy) is 2. The number of halogens is 1. The van der Waals surface area contributed by atoms with Crippen molar-refractivity contribution >= 4 is 23.4 Å². The summed E-state index contributed by atoms with van der Waals surface area (Å²) in [5.74, 6) is -0.0816. The van der Waals surface area contributed by atoms with Gasteiger partial charge in [-0.05, 0) is 86.1 Å². The molecular weight excluding hydrogens is 474 g/mol. The molecule has 2 aromatic carbocycles. The van der Waals surface area contributed by atoms with E-state index in [1.165, 1.54) is 0 Å². The highest BCUT2D eigenvalue weighted by Crippen LogP contribution is 2.47. The van der Waals surface area contributed by atoms with Crippen LogP contribution in [0.3, 0.4) is 0 Å². The van der Waals surface area contributed by atoms with Gasteiger partial charge in [0.2, 0.25) is 0 Å². The Balaban J connectivity index is 1.81. The maximum Gasteiger partial charge on any atom is 0.336 e. The van der Waals surface area contributed by atoms with Crippen molar-refractivity contribution in [3.05, 3.63) is 86.2 Å². The van der Waals surface area contributed by atoms with Gasteiger partial charge in [0.15, 0.2) is 5.78 Å². The van der Waals surface area contributed by atoms with Gasteiger partial charge in [-0.15, -0.1) is 0 Å². The monoisotopic (exact) mass is 507 g/mol. The first kappa shape index (κ1) is 26.0. The number of hydrogen-bond acceptors (Lipinski definition) is 5. The van der Waals surface area contributed by atoms with Gasteiger partial charge in [-0.2, -0.15) is 0 Å². The number of esters is 1. The second kappa shape index (κ2) is 10.1. The van der Waals surface area contributed by atoms with Gasteiger partial charge in [0.1, 0.15) is 12.4 Å². The van der Waals surface area contributed by atoms with E-state index in [1.807, 2.05) is 32.9 Å². The molecule has 0 spiro atoms. The summed E-state index contributed by atoms with van der Waals surface area (Å²) < 4.78 is 11.5. The summed E-state index contributed by atoms with van der Waals surface area (Å²) in [6, 6.07) is 11.5. The predicted molar refractivity (Wildman–Crippen MR) is 142 cm³/mol. The van der Waals surface area contributed by atoms with Crippen LogP contribution in [-0.4, -0.2) is 18.4 Å². The third kappa shape index (κ3) is 5.22. The highest BCUT2D eigenvalue weighted by atomic mass is 35.5. The van der Waals surface area contributed by atoms with Crippen molar-refractivity contribution in [2.75, 3.05) is 6.61 Å². The number of dihydropyridines is 1. The van der Waals surface area contributed by atoms with E-state index in [0.29, 0.717) is 29.2 Å². The lowest BCUT2D eigenvalue weighted by molar-refractivity contribution is -0.138. The average molecular weight is 508 g/mol. The second-order valence-corrected chi connectivity index (χ2v) is 11.0. The van der Waals surface area contributed by atoms with E-state index >= 15 is 0 Å². The molecule has 0 amide bonds. The summed E-state index contributed by atoms with van der Waals surface area (Å²) >= 11 is 6.00. The number of benzene rings is 2. The van der Waals surface area contributed by atoms with E-state index in [2.05, 4.69) is 31.3 Å². The van der Waals surface area contributed by atoms with Gasteiger partial charge < -0.3 is 14.8 Å². The van der Waals surface area contributed by atoms with E-state index in [1.54, 1.807) is 19.1 Å². The molecule has 36 heavy (non-hydrogen) atoms. The third-order valence-corrected chi connectivity index (χ3v) is 7.23. The number of carbonyl (C=O) groups excluding carboxylic acids is 2. The minimum absolute atomic E-state index is 0.0759. The number of hydrogen-bond donors (Lipinski definition) is 1. The quantitative estimate of drug-likeness (QED) is 0.440. The minimum Gasteiger partial charge on any atom is -0.489 e. The summed E-state index contributed by atoms with van der Waals surface area (Å²) in [4.78, 5) is 26.8. The number of rotatable bonds is 6. The Morgan fingerprint density at radius 3 is 2.44 bits per heavy atom. The van der Waals surface area contributed by atoms with Crippen LogP contribution in [0, 0.1) is 19.3 Å². The van der Waals surface area contributed by atoms with Gasteiger partial charge in [0, 0.05) is 34.3 Å². The van der Waals surface area contributed by atoms with Gasteiger partial charge in [0.05, 0.1) is 12.2 Å². The Hall–Kier alpha value is -3.05. The van der Waals surface area contributed by atoms with Crippen LogP contribution < -0.4 is 10.1 Å². The lowest BCUT2D eigenvalue weighted by Gasteiger charge is -2.40. The van der Waals surface area contributed by atoms with Crippen molar-refractivity contribution in [2.45, 2.75) is 66.9 Å². The molecule has 6 heteroatoms. The normalized spacial score (nSPS) is 19.1. The Kier molecular flexibility index (Phi) is 7.33. The Labute approximate surface area is 218 Å². The maximum absolute atomic E-state index is 13.6. The second-order valence-electron chi connectivity index (χ2n) is 10.5. The number of allylic oxidation sites excluding steroid dienone is 3. The molecule has 5 nitrogen and oxygen atoms in total. The first-order chi connectivity index (χ1) is 17.0. The summed E-state index contributed by atoms with van der Waals surface area (Å²) in [5.41, 5.74) is 6.72. The number of aryl methyl sites for hydroxylation is 2. The van der Waals surface area contributed by atoms with Gasteiger partial charge >= 0.3 is 5.97 Å². The number of carbonyl (C=O) groups is 2. The molecule has 1 N–H and O–H groups in total. The van der Waals surface area contributed by atoms with Crippen LogP contribution in [-0.2, 0) is 20.9 Å². The molecule has 4 rings (SSSR count). The summed E-state index contributed by atoms with van der Waals surface area (Å²) in [6.07, 6.45) is 1.19. The van der Waals surface area contributed by atoms with Crippen LogP contribution in [0.25, 0.3) is 0 Å². The molecule has 0 aromatic heterocycles. The smallest absolute Gasteiger partial charge is 0.336 e. The number of Topliss-reactive ketones (excluding diaryl/α,β-unsaturated/α-hetero) is 1. The molecule has 1 aliphatic carbocycles. The average Bonchev–Trinajstić information content (AvgIpc) is 2.78. The van der Waals surface area contributed by atoms with Gasteiger partial charge in [-0.25, -0.2) is 4.79 Å². The van der Waals surface area contributed by atoms with Crippen molar-refractivity contribution in [1.29, 1.82) is 0 Å². The Morgan fingerprint density at radius 2 is 1.78 bits per heavy atom. The standard InChI is InChI=1S/C30H34ClNO4/c1-7-35-29(34)26-19(4)32-24-14-30(5,6)15-25(33)28(24)27(26)23-13-20(17(2)12-18(23)3)16-36-22-10-8-21(31)9-11-22/h8-13,27,32H,7,14-16H2,1-6H3. The third-order valence-electron chi connectivity index (χ3n) is 6.98. The SMILES string of the molecule is CCOC(=O)C1=C(C)NC2=C(C(=O)CC(C)(C)C2)C1c1cc(COc2ccc(Cl)cc2)c(C)cc1C. The summed E-state index contributed by atoms with van der Waals surface area (Å²) in [6.45, 7) is 12.6. The van der Waals surface area contributed by atoms with Crippen molar-refractivity contribution in [1.82, 2.24) is 5.32 Å². The van der Waals surface area contributed by atoms with Crippen molar-refractivity contribution < 1.29 is 19.1 Å². The fourth-order valence-corrected chi connectivity index (χ4v) is 5.43. The molecule has 190 valence electrons. The lowest BCUT2D eigenvalue weighted by atomic mass is 9.68. The molecule has 2 aromatic rings. The minimum atomic E-state index is -0.487. The molecule has 0 bridgehead atoms. The van der Waals surface area contributed by atoms with Crippen LogP contribution in [0.15, 0.2) is 58.9 Å². The summed E-state index contributed by atoms with van der Waals surface area (Å²) in [7, 11) is 0. The van der Waals surface area contributed by atoms with E-state index < -0.39 is 11.9 Å². The largest absolute Gasteiger partial charge is 0.489 e. The summed E-state index contributed by atoms with van der Waals surface area (Å²) in [5, 5.41) is 4.05. The molecule has 1 heterocycles. The zero-order chi connectivity index (χ0) is 26.2. The van der Waals surface area contributed by atoms with E-state index in [4.69, 9.17) is 21.1 Å². The lowest BCUT2D eigenvalue weighted by Crippen LogP contribution is -2.39. The highest BCUT2D eigenvalue weighted by molar-refractivity contribution is 6.30. The van der Waals surface area contributed by atoms with Crippen LogP contribution in [0.2, 0.25) is 5.02 Å². The fourth-order valence-electron chi connectivity index (χ4n) is 5.30. The molecule has 1 unspecified atom stereocenters. The molecule has 0 saturated heterocycles. The van der Waals surface area contributed by atoms with Crippen molar-refractivity contribution in [2.24, 2.45) is 5.41 Å². The van der Waals surface area contributed by atoms with Crippen LogP contribution in [0.1, 0.15) is 68.7 Å². The molecule has 0 fully saturated rings. The molecule has 0 saturated carbocycles. The van der Waals surface area contributed by atoms with Crippen LogP contribution in [0.4, 0.5) is 0 Å². The molecule has 2 aliphatic rings. The maximum atomic E-state index is 13.6. The van der Waals surface area contributed by atoms with Crippen LogP contribution >= 0.6 is 11.6 Å². The number of ketones is 1. The predicted octanol–water partition coefficient (Wildman–Crippen LogP) is 6.70.